The number of anilines is 1. The lowest BCUT2D eigenvalue weighted by molar-refractivity contribution is 0.102. The monoisotopic (exact) mass is 391 g/mol. The van der Waals surface area contributed by atoms with Crippen molar-refractivity contribution in [1.82, 2.24) is 9.97 Å². The predicted octanol–water partition coefficient (Wildman–Crippen LogP) is 3.90. The summed E-state index contributed by atoms with van der Waals surface area (Å²) >= 11 is 9.07. The van der Waals surface area contributed by atoms with Crippen molar-refractivity contribution in [2.45, 2.75) is 6.92 Å². The zero-order chi connectivity index (χ0) is 16.6. The van der Waals surface area contributed by atoms with Gasteiger partial charge in [-0.05, 0) is 25.1 Å². The second-order valence-corrected chi connectivity index (χ2v) is 6.31. The van der Waals surface area contributed by atoms with Gasteiger partial charge in [0.05, 0.1) is 11.1 Å². The first-order valence-corrected chi connectivity index (χ1v) is 7.87. The predicted molar refractivity (Wildman–Crippen MR) is 94.2 cm³/mol. The Morgan fingerprint density at radius 3 is 2.83 bits per heavy atom. The molecule has 2 N–H and O–H groups in total. The zero-order valence-electron chi connectivity index (χ0n) is 12.0. The highest BCUT2D eigenvalue weighted by Gasteiger charge is 2.13. The van der Waals surface area contributed by atoms with Crippen LogP contribution < -0.4 is 10.7 Å². The molecule has 0 fully saturated rings. The van der Waals surface area contributed by atoms with Crippen LogP contribution >= 0.6 is 27.5 Å². The van der Waals surface area contributed by atoms with E-state index in [1.807, 2.05) is 25.1 Å². The molecule has 0 unspecified atom stereocenters. The molecule has 2 aromatic heterocycles. The molecule has 116 valence electrons. The fourth-order valence-corrected chi connectivity index (χ4v) is 2.70. The van der Waals surface area contributed by atoms with Crippen molar-refractivity contribution in [3.8, 4) is 0 Å². The van der Waals surface area contributed by atoms with Crippen LogP contribution in [0.4, 0.5) is 5.82 Å². The standard InChI is InChI=1S/C16H11BrClN3O2/c1-8-4-11(10-3-2-9(17)5-13(10)20-8)16(23)21-15-6-14(22)12(18)7-19-15/h2-7H,1H3,(H2,19,21,22,23). The van der Waals surface area contributed by atoms with Gasteiger partial charge in [0.25, 0.3) is 5.91 Å². The molecule has 0 aliphatic carbocycles. The maximum absolute atomic E-state index is 12.6. The summed E-state index contributed by atoms with van der Waals surface area (Å²) in [5.41, 5.74) is 1.57. The van der Waals surface area contributed by atoms with Crippen molar-refractivity contribution in [2.24, 2.45) is 0 Å². The third-order valence-corrected chi connectivity index (χ3v) is 4.05. The summed E-state index contributed by atoms with van der Waals surface area (Å²) < 4.78 is 0.886. The summed E-state index contributed by atoms with van der Waals surface area (Å²) in [7, 11) is 0. The van der Waals surface area contributed by atoms with Crippen LogP contribution in [0.15, 0.2) is 45.8 Å². The van der Waals surface area contributed by atoms with Crippen molar-refractivity contribution >= 4 is 50.2 Å². The topological polar surface area (TPSA) is 74.8 Å². The van der Waals surface area contributed by atoms with Gasteiger partial charge in [0.15, 0.2) is 0 Å². The van der Waals surface area contributed by atoms with Crippen molar-refractivity contribution < 1.29 is 4.79 Å². The minimum Gasteiger partial charge on any atom is -0.346 e. The number of rotatable bonds is 2. The number of carbonyl (C=O) groups excluding carboxylic acids is 1. The molecule has 0 saturated carbocycles. The molecule has 3 rings (SSSR count). The zero-order valence-corrected chi connectivity index (χ0v) is 14.3. The summed E-state index contributed by atoms with van der Waals surface area (Å²) in [6.45, 7) is 1.82. The van der Waals surface area contributed by atoms with E-state index in [0.29, 0.717) is 11.1 Å². The van der Waals surface area contributed by atoms with Crippen LogP contribution in [0.1, 0.15) is 16.1 Å². The van der Waals surface area contributed by atoms with Gasteiger partial charge >= 0.3 is 0 Å². The molecule has 5 nitrogen and oxygen atoms in total. The highest BCUT2D eigenvalue weighted by Crippen LogP contribution is 2.23. The molecule has 3 aromatic rings. The normalized spacial score (nSPS) is 10.7. The fraction of sp³-hybridized carbons (Fsp3) is 0.0625. The Hall–Kier alpha value is -2.18. The minimum atomic E-state index is -0.361. The van der Waals surface area contributed by atoms with E-state index in [4.69, 9.17) is 11.6 Å². The Morgan fingerprint density at radius 1 is 1.30 bits per heavy atom. The molecular weight excluding hydrogens is 382 g/mol. The van der Waals surface area contributed by atoms with Crippen molar-refractivity contribution in [1.29, 1.82) is 0 Å². The van der Waals surface area contributed by atoms with Gasteiger partial charge in [0, 0.05) is 27.8 Å². The molecule has 0 atom stereocenters. The molecule has 1 amide bonds. The van der Waals surface area contributed by atoms with Gasteiger partial charge in [-0.3, -0.25) is 14.6 Å². The fourth-order valence-electron chi connectivity index (χ4n) is 2.24. The van der Waals surface area contributed by atoms with Crippen molar-refractivity contribution in [3.63, 3.8) is 0 Å². The number of carbonyl (C=O) groups is 1. The highest BCUT2D eigenvalue weighted by atomic mass is 79.9. The number of H-pyrrole nitrogens is 1. The van der Waals surface area contributed by atoms with Gasteiger partial charge in [0.2, 0.25) is 5.43 Å². The molecule has 7 heteroatoms. The summed E-state index contributed by atoms with van der Waals surface area (Å²) in [6, 6.07) is 8.47. The SMILES string of the molecule is Cc1cc(C(=O)Nc2cc(=O)c(Cl)c[nH]2)c2ccc(Br)cc2n1. The van der Waals surface area contributed by atoms with Gasteiger partial charge in [-0.2, -0.15) is 0 Å². The summed E-state index contributed by atoms with van der Waals surface area (Å²) in [5, 5.41) is 3.46. The number of pyridine rings is 2. The van der Waals surface area contributed by atoms with Gasteiger partial charge < -0.3 is 10.3 Å². The second kappa shape index (κ2) is 6.14. The number of halogens is 2. The van der Waals surface area contributed by atoms with Crippen LogP contribution in [0.5, 0.6) is 0 Å². The van der Waals surface area contributed by atoms with E-state index in [1.165, 1.54) is 12.3 Å². The van der Waals surface area contributed by atoms with E-state index in [-0.39, 0.29) is 22.2 Å². The first-order valence-electron chi connectivity index (χ1n) is 6.70. The van der Waals surface area contributed by atoms with Crippen molar-refractivity contribution in [3.05, 3.63) is 67.5 Å². The Kier molecular flexibility index (Phi) is 4.19. The van der Waals surface area contributed by atoms with Crippen LogP contribution in [-0.2, 0) is 0 Å². The van der Waals surface area contributed by atoms with Gasteiger partial charge in [-0.1, -0.05) is 33.6 Å². The first-order chi connectivity index (χ1) is 10.9. The number of nitrogens with zero attached hydrogens (tertiary/aromatic N) is 1. The van der Waals surface area contributed by atoms with E-state index in [1.54, 1.807) is 6.07 Å². The van der Waals surface area contributed by atoms with E-state index < -0.39 is 0 Å². The lowest BCUT2D eigenvalue weighted by atomic mass is 10.1. The second-order valence-electron chi connectivity index (χ2n) is 4.99. The molecular formula is C16H11BrClN3O2. The van der Waals surface area contributed by atoms with Crippen molar-refractivity contribution in [2.75, 3.05) is 5.32 Å². The number of aromatic amines is 1. The Morgan fingerprint density at radius 2 is 2.09 bits per heavy atom. The van der Waals surface area contributed by atoms with E-state index in [9.17, 15) is 9.59 Å². The third-order valence-electron chi connectivity index (χ3n) is 3.26. The van der Waals surface area contributed by atoms with E-state index in [0.717, 1.165) is 15.6 Å². The maximum Gasteiger partial charge on any atom is 0.257 e. The number of amides is 1. The first kappa shape index (κ1) is 15.7. The summed E-state index contributed by atoms with van der Waals surface area (Å²) in [4.78, 5) is 31.3. The molecule has 0 saturated heterocycles. The lowest BCUT2D eigenvalue weighted by Gasteiger charge is -2.09. The van der Waals surface area contributed by atoms with Crippen LogP contribution in [0.3, 0.4) is 0 Å². The smallest absolute Gasteiger partial charge is 0.257 e. The number of fused-ring (bicyclic) bond motifs is 1. The molecule has 0 aliphatic rings. The number of aryl methyl sites for hydroxylation is 1. The average molecular weight is 393 g/mol. The van der Waals surface area contributed by atoms with Gasteiger partial charge in [-0.15, -0.1) is 0 Å². The highest BCUT2D eigenvalue weighted by molar-refractivity contribution is 9.10. The quantitative estimate of drug-likeness (QED) is 0.694. The number of benzene rings is 1. The molecule has 23 heavy (non-hydrogen) atoms. The molecule has 2 heterocycles. The summed E-state index contributed by atoms with van der Waals surface area (Å²) in [5.74, 6) is -0.0510. The molecule has 0 spiro atoms. The van der Waals surface area contributed by atoms with Gasteiger partial charge in [-0.25, -0.2) is 0 Å². The van der Waals surface area contributed by atoms with Crippen LogP contribution in [-0.4, -0.2) is 15.9 Å². The average Bonchev–Trinajstić information content (AvgIpc) is 2.49. The van der Waals surface area contributed by atoms with Crippen LogP contribution in [0, 0.1) is 6.92 Å². The number of hydrogen-bond donors (Lipinski definition) is 2. The molecule has 1 aromatic carbocycles. The molecule has 0 radical (unpaired) electrons. The summed E-state index contributed by atoms with van der Waals surface area (Å²) in [6.07, 6.45) is 1.34. The third kappa shape index (κ3) is 3.28. The number of aromatic nitrogens is 2. The molecule has 0 bridgehead atoms. The van der Waals surface area contributed by atoms with Crippen LogP contribution in [0.25, 0.3) is 10.9 Å². The minimum absolute atomic E-state index is 0.0676. The van der Waals surface area contributed by atoms with Crippen LogP contribution in [0.2, 0.25) is 5.02 Å². The van der Waals surface area contributed by atoms with E-state index in [2.05, 4.69) is 31.2 Å². The molecule has 0 aliphatic heterocycles. The van der Waals surface area contributed by atoms with E-state index >= 15 is 0 Å². The Bertz CT molecular complexity index is 979. The maximum atomic E-state index is 12.6. The number of nitrogens with one attached hydrogen (secondary N) is 2. The Balaban J connectivity index is 2.03. The lowest BCUT2D eigenvalue weighted by Crippen LogP contribution is -2.16. The largest absolute Gasteiger partial charge is 0.346 e. The number of hydrogen-bond acceptors (Lipinski definition) is 3. The van der Waals surface area contributed by atoms with Gasteiger partial charge in [0.1, 0.15) is 10.8 Å². The Labute approximate surface area is 144 Å².